The Morgan fingerprint density at radius 1 is 1.50 bits per heavy atom. The van der Waals surface area contributed by atoms with Crippen molar-refractivity contribution in [2.75, 3.05) is 13.2 Å². The molecule has 1 heterocycles. The number of hydrogen-bond acceptors (Lipinski definition) is 2. The Morgan fingerprint density at radius 2 is 2.33 bits per heavy atom. The Hall–Kier alpha value is -0.150. The Balaban J connectivity index is 1.99. The highest BCUT2D eigenvalue weighted by atomic mass is 19.1. The van der Waals surface area contributed by atoms with Crippen LogP contribution < -0.4 is 5.73 Å². The average molecular weight is 175 g/mol. The van der Waals surface area contributed by atoms with E-state index >= 15 is 0 Å². The topological polar surface area (TPSA) is 35.2 Å². The second kappa shape index (κ2) is 5.49. The van der Waals surface area contributed by atoms with Crippen molar-refractivity contribution in [3.05, 3.63) is 0 Å². The van der Waals surface area contributed by atoms with Gasteiger partial charge in [-0.3, -0.25) is 0 Å². The van der Waals surface area contributed by atoms with Gasteiger partial charge < -0.3 is 10.5 Å². The molecule has 0 spiro atoms. The predicted octanol–water partition coefficient (Wildman–Crippen LogP) is 1.63. The minimum absolute atomic E-state index is 0.320. The van der Waals surface area contributed by atoms with Crippen molar-refractivity contribution in [1.82, 2.24) is 0 Å². The summed E-state index contributed by atoms with van der Waals surface area (Å²) in [6.45, 7) is 1.31. The van der Waals surface area contributed by atoms with E-state index < -0.39 is 6.17 Å². The molecule has 0 aliphatic carbocycles. The summed E-state index contributed by atoms with van der Waals surface area (Å²) in [5, 5.41) is 0. The van der Waals surface area contributed by atoms with Gasteiger partial charge in [0.15, 0.2) is 0 Å². The van der Waals surface area contributed by atoms with E-state index in [0.717, 1.165) is 25.9 Å². The lowest BCUT2D eigenvalue weighted by Gasteiger charge is -2.10. The number of ether oxygens (including phenoxy) is 1. The van der Waals surface area contributed by atoms with E-state index in [0.29, 0.717) is 25.5 Å². The fraction of sp³-hybridized carbons (Fsp3) is 1.00. The Morgan fingerprint density at radius 3 is 2.92 bits per heavy atom. The molecule has 0 amide bonds. The predicted molar refractivity (Wildman–Crippen MR) is 46.8 cm³/mol. The second-order valence-corrected chi connectivity index (χ2v) is 3.39. The molecule has 3 heteroatoms. The molecule has 1 aliphatic heterocycles. The molecular weight excluding hydrogens is 157 g/mol. The fourth-order valence-corrected chi connectivity index (χ4v) is 1.56. The molecule has 2 atom stereocenters. The van der Waals surface area contributed by atoms with E-state index in [2.05, 4.69) is 0 Å². The van der Waals surface area contributed by atoms with Gasteiger partial charge in [0.25, 0.3) is 0 Å². The van der Waals surface area contributed by atoms with Crippen LogP contribution in [0.5, 0.6) is 0 Å². The number of nitrogens with two attached hydrogens (primary N) is 1. The third-order valence-corrected chi connectivity index (χ3v) is 2.31. The lowest BCUT2D eigenvalue weighted by molar-refractivity contribution is 0.0944. The highest BCUT2D eigenvalue weighted by Crippen LogP contribution is 2.19. The molecule has 1 rings (SSSR count). The van der Waals surface area contributed by atoms with Crippen molar-refractivity contribution in [3.8, 4) is 0 Å². The van der Waals surface area contributed by atoms with Crippen LogP contribution in [-0.2, 0) is 4.74 Å². The Labute approximate surface area is 73.3 Å². The van der Waals surface area contributed by atoms with Crippen LogP contribution in [-0.4, -0.2) is 25.4 Å². The number of alkyl halides is 1. The van der Waals surface area contributed by atoms with Crippen molar-refractivity contribution in [2.45, 2.75) is 44.4 Å². The molecule has 0 aromatic heterocycles. The van der Waals surface area contributed by atoms with Gasteiger partial charge in [0.2, 0.25) is 0 Å². The number of halogens is 1. The van der Waals surface area contributed by atoms with Gasteiger partial charge in [-0.05, 0) is 38.6 Å². The highest BCUT2D eigenvalue weighted by molar-refractivity contribution is 4.67. The molecule has 0 radical (unpaired) electrons. The first-order chi connectivity index (χ1) is 5.83. The van der Waals surface area contributed by atoms with Crippen molar-refractivity contribution in [2.24, 2.45) is 5.73 Å². The quantitative estimate of drug-likeness (QED) is 0.689. The maximum atomic E-state index is 12.9. The molecule has 0 bridgehead atoms. The van der Waals surface area contributed by atoms with Crippen molar-refractivity contribution in [1.29, 1.82) is 0 Å². The summed E-state index contributed by atoms with van der Waals surface area (Å²) in [4.78, 5) is 0. The normalized spacial score (nSPS) is 26.0. The molecule has 1 saturated heterocycles. The summed E-state index contributed by atoms with van der Waals surface area (Å²) in [7, 11) is 0. The standard InChI is InChI=1S/C9H18FNO/c10-8(5-6-11)3-4-9-2-1-7-12-9/h8-9H,1-7,11H2. The summed E-state index contributed by atoms with van der Waals surface area (Å²) < 4.78 is 18.3. The van der Waals surface area contributed by atoms with E-state index in [1.165, 1.54) is 0 Å². The molecular formula is C9H18FNO. The molecule has 1 fully saturated rings. The largest absolute Gasteiger partial charge is 0.378 e. The van der Waals surface area contributed by atoms with Gasteiger partial charge >= 0.3 is 0 Å². The van der Waals surface area contributed by atoms with Gasteiger partial charge in [-0.15, -0.1) is 0 Å². The average Bonchev–Trinajstić information content (AvgIpc) is 2.53. The molecule has 2 N–H and O–H groups in total. The molecule has 1 aliphatic rings. The summed E-state index contributed by atoms with van der Waals surface area (Å²) in [5.41, 5.74) is 5.24. The summed E-state index contributed by atoms with van der Waals surface area (Å²) >= 11 is 0. The lowest BCUT2D eigenvalue weighted by Crippen LogP contribution is -2.13. The fourth-order valence-electron chi connectivity index (χ4n) is 1.56. The minimum atomic E-state index is -0.723. The van der Waals surface area contributed by atoms with Gasteiger partial charge in [-0.2, -0.15) is 0 Å². The number of rotatable bonds is 5. The smallest absolute Gasteiger partial charge is 0.101 e. The number of hydrogen-bond donors (Lipinski definition) is 1. The van der Waals surface area contributed by atoms with Gasteiger partial charge in [-0.25, -0.2) is 4.39 Å². The zero-order chi connectivity index (χ0) is 8.81. The molecule has 12 heavy (non-hydrogen) atoms. The lowest BCUT2D eigenvalue weighted by atomic mass is 10.1. The SMILES string of the molecule is NCCC(F)CCC1CCCO1. The maximum absolute atomic E-state index is 12.9. The van der Waals surface area contributed by atoms with Crippen molar-refractivity contribution < 1.29 is 9.13 Å². The van der Waals surface area contributed by atoms with Crippen LogP contribution in [0.1, 0.15) is 32.1 Å². The van der Waals surface area contributed by atoms with Crippen LogP contribution in [0.2, 0.25) is 0 Å². The highest BCUT2D eigenvalue weighted by Gasteiger charge is 2.16. The van der Waals surface area contributed by atoms with E-state index in [1.54, 1.807) is 0 Å². The summed E-state index contributed by atoms with van der Waals surface area (Å²) in [6, 6.07) is 0. The molecule has 2 nitrogen and oxygen atoms in total. The molecule has 0 saturated carbocycles. The molecule has 0 aromatic rings. The minimum Gasteiger partial charge on any atom is -0.378 e. The van der Waals surface area contributed by atoms with E-state index in [4.69, 9.17) is 10.5 Å². The zero-order valence-electron chi connectivity index (χ0n) is 7.47. The monoisotopic (exact) mass is 175 g/mol. The van der Waals surface area contributed by atoms with Crippen LogP contribution in [0.25, 0.3) is 0 Å². The summed E-state index contributed by atoms with van der Waals surface area (Å²) in [5.74, 6) is 0. The second-order valence-electron chi connectivity index (χ2n) is 3.39. The van der Waals surface area contributed by atoms with E-state index in [1.807, 2.05) is 0 Å². The Bertz CT molecular complexity index is 115. The van der Waals surface area contributed by atoms with Crippen molar-refractivity contribution in [3.63, 3.8) is 0 Å². The van der Waals surface area contributed by atoms with Crippen LogP contribution >= 0.6 is 0 Å². The van der Waals surface area contributed by atoms with E-state index in [9.17, 15) is 4.39 Å². The van der Waals surface area contributed by atoms with E-state index in [-0.39, 0.29) is 0 Å². The van der Waals surface area contributed by atoms with Crippen LogP contribution in [0.3, 0.4) is 0 Å². The first-order valence-corrected chi connectivity index (χ1v) is 4.78. The first kappa shape index (κ1) is 9.93. The van der Waals surface area contributed by atoms with Gasteiger partial charge in [0.1, 0.15) is 6.17 Å². The van der Waals surface area contributed by atoms with Gasteiger partial charge in [0, 0.05) is 6.61 Å². The van der Waals surface area contributed by atoms with Crippen LogP contribution in [0.4, 0.5) is 4.39 Å². The molecule has 2 unspecified atom stereocenters. The van der Waals surface area contributed by atoms with Crippen molar-refractivity contribution >= 4 is 0 Å². The molecule has 72 valence electrons. The Kier molecular flexibility index (Phi) is 4.54. The van der Waals surface area contributed by atoms with Gasteiger partial charge in [0.05, 0.1) is 6.10 Å². The van der Waals surface area contributed by atoms with Crippen LogP contribution in [0, 0.1) is 0 Å². The van der Waals surface area contributed by atoms with Gasteiger partial charge in [-0.1, -0.05) is 0 Å². The third kappa shape index (κ3) is 3.50. The summed E-state index contributed by atoms with van der Waals surface area (Å²) in [6.07, 6.45) is 3.81. The maximum Gasteiger partial charge on any atom is 0.101 e. The molecule has 0 aromatic carbocycles. The van der Waals surface area contributed by atoms with Crippen LogP contribution in [0.15, 0.2) is 0 Å². The zero-order valence-corrected chi connectivity index (χ0v) is 7.47. The first-order valence-electron chi connectivity index (χ1n) is 4.78. The third-order valence-electron chi connectivity index (χ3n) is 2.31.